The van der Waals surface area contributed by atoms with E-state index in [4.69, 9.17) is 21.7 Å². The number of hydrogen-bond donors (Lipinski definition) is 3. The number of phenols is 1. The van der Waals surface area contributed by atoms with Crippen molar-refractivity contribution in [1.82, 2.24) is 5.43 Å². The van der Waals surface area contributed by atoms with Crippen LogP contribution in [0.5, 0.6) is 17.2 Å². The van der Waals surface area contributed by atoms with Gasteiger partial charge in [-0.3, -0.25) is 5.43 Å². The summed E-state index contributed by atoms with van der Waals surface area (Å²) < 4.78 is 10.2. The zero-order valence-electron chi connectivity index (χ0n) is 12.7. The van der Waals surface area contributed by atoms with E-state index < -0.39 is 0 Å². The smallest absolute Gasteiger partial charge is 0.200 e. The number of hydrazone groups is 1. The van der Waals surface area contributed by atoms with Crippen LogP contribution in [0.2, 0.25) is 0 Å². The molecule has 23 heavy (non-hydrogen) atoms. The third-order valence-corrected chi connectivity index (χ3v) is 3.11. The molecule has 120 valence electrons. The maximum absolute atomic E-state index is 9.85. The third-order valence-electron chi connectivity index (χ3n) is 2.91. The summed E-state index contributed by atoms with van der Waals surface area (Å²) in [4.78, 5) is 0. The van der Waals surface area contributed by atoms with Crippen molar-refractivity contribution in [3.63, 3.8) is 0 Å². The fourth-order valence-electron chi connectivity index (χ4n) is 1.83. The van der Waals surface area contributed by atoms with E-state index in [1.807, 2.05) is 30.3 Å². The van der Waals surface area contributed by atoms with Gasteiger partial charge in [0.15, 0.2) is 16.6 Å². The molecular formula is C16H17N3O3S. The quantitative estimate of drug-likeness (QED) is 0.444. The van der Waals surface area contributed by atoms with Gasteiger partial charge in [0.2, 0.25) is 5.75 Å². The molecule has 0 aliphatic carbocycles. The number of para-hydroxylation sites is 1. The number of methoxy groups -OCH3 is 2. The molecule has 0 aliphatic heterocycles. The summed E-state index contributed by atoms with van der Waals surface area (Å²) in [5, 5.41) is 17.3. The van der Waals surface area contributed by atoms with Crippen LogP contribution in [0.25, 0.3) is 0 Å². The zero-order chi connectivity index (χ0) is 16.7. The molecule has 0 heterocycles. The van der Waals surface area contributed by atoms with Crippen LogP contribution in [0.3, 0.4) is 0 Å². The molecule has 2 aromatic carbocycles. The minimum Gasteiger partial charge on any atom is -0.502 e. The summed E-state index contributed by atoms with van der Waals surface area (Å²) >= 11 is 5.14. The van der Waals surface area contributed by atoms with Gasteiger partial charge in [0, 0.05) is 11.3 Å². The van der Waals surface area contributed by atoms with Gasteiger partial charge in [0.1, 0.15) is 0 Å². The summed E-state index contributed by atoms with van der Waals surface area (Å²) in [6, 6.07) is 12.8. The van der Waals surface area contributed by atoms with Crippen LogP contribution in [0, 0.1) is 0 Å². The zero-order valence-corrected chi connectivity index (χ0v) is 13.6. The number of nitrogens with one attached hydrogen (secondary N) is 2. The minimum atomic E-state index is -0.0543. The van der Waals surface area contributed by atoms with E-state index in [1.165, 1.54) is 14.2 Å². The lowest BCUT2D eigenvalue weighted by atomic mass is 10.2. The molecule has 6 nitrogen and oxygen atoms in total. The summed E-state index contributed by atoms with van der Waals surface area (Å²) in [5.41, 5.74) is 4.27. The Kier molecular flexibility index (Phi) is 5.76. The van der Waals surface area contributed by atoms with E-state index in [9.17, 15) is 5.11 Å². The van der Waals surface area contributed by atoms with Gasteiger partial charge < -0.3 is 19.9 Å². The molecule has 0 aliphatic rings. The SMILES string of the molecule is COc1cc(/C=N/NC(=S)Nc2ccccc2)cc(OC)c1O. The maximum Gasteiger partial charge on any atom is 0.200 e. The molecule has 2 aromatic rings. The van der Waals surface area contributed by atoms with Gasteiger partial charge >= 0.3 is 0 Å². The summed E-state index contributed by atoms with van der Waals surface area (Å²) in [5.74, 6) is 0.549. The largest absolute Gasteiger partial charge is 0.502 e. The third kappa shape index (κ3) is 4.58. The van der Waals surface area contributed by atoms with E-state index in [1.54, 1.807) is 18.3 Å². The number of hydrogen-bond acceptors (Lipinski definition) is 5. The van der Waals surface area contributed by atoms with Gasteiger partial charge in [-0.15, -0.1) is 0 Å². The van der Waals surface area contributed by atoms with Gasteiger partial charge in [-0.05, 0) is 36.5 Å². The van der Waals surface area contributed by atoms with Crippen molar-refractivity contribution in [2.24, 2.45) is 5.10 Å². The first-order valence-electron chi connectivity index (χ1n) is 6.74. The monoisotopic (exact) mass is 331 g/mol. The molecule has 7 heteroatoms. The fourth-order valence-corrected chi connectivity index (χ4v) is 2.00. The lowest BCUT2D eigenvalue weighted by Gasteiger charge is -2.09. The second kappa shape index (κ2) is 8.00. The number of nitrogens with zero attached hydrogens (tertiary/aromatic N) is 1. The summed E-state index contributed by atoms with van der Waals surface area (Å²) in [7, 11) is 2.93. The molecular weight excluding hydrogens is 314 g/mol. The standard InChI is InChI=1S/C16H17N3O3S/c1-21-13-8-11(9-14(22-2)15(13)20)10-17-19-16(23)18-12-6-4-3-5-7-12/h3-10,20H,1-2H3,(H2,18,19,23)/b17-10+. The predicted molar refractivity (Wildman–Crippen MR) is 94.6 cm³/mol. The van der Waals surface area contributed by atoms with Crippen LogP contribution >= 0.6 is 12.2 Å². The average molecular weight is 331 g/mol. The van der Waals surface area contributed by atoms with E-state index in [-0.39, 0.29) is 5.75 Å². The van der Waals surface area contributed by atoms with Gasteiger partial charge in [-0.25, -0.2) is 0 Å². The number of rotatable bonds is 5. The number of aromatic hydroxyl groups is 1. The topological polar surface area (TPSA) is 75.1 Å². The van der Waals surface area contributed by atoms with Crippen LogP contribution in [-0.2, 0) is 0 Å². The number of ether oxygens (including phenoxy) is 2. The molecule has 0 amide bonds. The van der Waals surface area contributed by atoms with Crippen molar-refractivity contribution in [1.29, 1.82) is 0 Å². The predicted octanol–water partition coefficient (Wildman–Crippen LogP) is 2.73. The molecule has 0 bridgehead atoms. The molecule has 0 fully saturated rings. The van der Waals surface area contributed by atoms with Crippen LogP contribution in [-0.4, -0.2) is 30.7 Å². The molecule has 0 atom stereocenters. The Labute approximate surface area is 139 Å². The number of thiocarbonyl (C=S) groups is 1. The van der Waals surface area contributed by atoms with E-state index in [0.717, 1.165) is 5.69 Å². The van der Waals surface area contributed by atoms with Crippen LogP contribution in [0.4, 0.5) is 5.69 Å². The second-order valence-electron chi connectivity index (χ2n) is 4.46. The highest BCUT2D eigenvalue weighted by Crippen LogP contribution is 2.36. The van der Waals surface area contributed by atoms with Gasteiger partial charge in [0.05, 0.1) is 20.4 Å². The van der Waals surface area contributed by atoms with Crippen LogP contribution in [0.1, 0.15) is 5.56 Å². The van der Waals surface area contributed by atoms with Crippen molar-refractivity contribution in [3.8, 4) is 17.2 Å². The Morgan fingerprint density at radius 3 is 2.30 bits per heavy atom. The second-order valence-corrected chi connectivity index (χ2v) is 4.87. The minimum absolute atomic E-state index is 0.0543. The van der Waals surface area contributed by atoms with Crippen LogP contribution in [0.15, 0.2) is 47.6 Å². The highest BCUT2D eigenvalue weighted by atomic mass is 32.1. The number of anilines is 1. The highest BCUT2D eigenvalue weighted by molar-refractivity contribution is 7.80. The Hall–Kier alpha value is -2.80. The Morgan fingerprint density at radius 2 is 1.74 bits per heavy atom. The van der Waals surface area contributed by atoms with Crippen molar-refractivity contribution in [3.05, 3.63) is 48.0 Å². The maximum atomic E-state index is 9.85. The first-order chi connectivity index (χ1) is 11.1. The summed E-state index contributed by atoms with van der Waals surface area (Å²) in [6.07, 6.45) is 1.55. The number of phenolic OH excluding ortho intramolecular Hbond substituents is 1. The highest BCUT2D eigenvalue weighted by Gasteiger charge is 2.10. The fraction of sp³-hybridized carbons (Fsp3) is 0.125. The van der Waals surface area contributed by atoms with Gasteiger partial charge in [0.25, 0.3) is 0 Å². The normalized spacial score (nSPS) is 10.3. The summed E-state index contributed by atoms with van der Waals surface area (Å²) in [6.45, 7) is 0. The molecule has 0 saturated heterocycles. The first kappa shape index (κ1) is 16.6. The van der Waals surface area contributed by atoms with Gasteiger partial charge in [-0.2, -0.15) is 5.10 Å². The Balaban J connectivity index is 2.01. The van der Waals surface area contributed by atoms with Crippen molar-refractivity contribution < 1.29 is 14.6 Å². The van der Waals surface area contributed by atoms with E-state index in [0.29, 0.717) is 22.2 Å². The van der Waals surface area contributed by atoms with E-state index >= 15 is 0 Å². The Bertz CT molecular complexity index is 680. The lowest BCUT2D eigenvalue weighted by molar-refractivity contribution is 0.340. The first-order valence-corrected chi connectivity index (χ1v) is 7.15. The molecule has 0 spiro atoms. The van der Waals surface area contributed by atoms with Gasteiger partial charge in [-0.1, -0.05) is 18.2 Å². The molecule has 0 saturated carbocycles. The van der Waals surface area contributed by atoms with Crippen LogP contribution < -0.4 is 20.2 Å². The molecule has 0 unspecified atom stereocenters. The lowest BCUT2D eigenvalue weighted by Crippen LogP contribution is -2.23. The molecule has 0 radical (unpaired) electrons. The Morgan fingerprint density at radius 1 is 1.13 bits per heavy atom. The van der Waals surface area contributed by atoms with Crippen molar-refractivity contribution in [2.75, 3.05) is 19.5 Å². The number of benzene rings is 2. The molecule has 0 aromatic heterocycles. The van der Waals surface area contributed by atoms with E-state index in [2.05, 4.69) is 15.8 Å². The average Bonchev–Trinajstić information content (AvgIpc) is 2.57. The molecule has 3 N–H and O–H groups in total. The molecule has 2 rings (SSSR count). The van der Waals surface area contributed by atoms with Crippen molar-refractivity contribution in [2.45, 2.75) is 0 Å². The van der Waals surface area contributed by atoms with Crippen molar-refractivity contribution >= 4 is 29.2 Å².